The van der Waals surface area contributed by atoms with Crippen molar-refractivity contribution >= 4 is 5.95 Å². The molecule has 23 heavy (non-hydrogen) atoms. The van der Waals surface area contributed by atoms with E-state index in [1.165, 1.54) is 0 Å². The van der Waals surface area contributed by atoms with Crippen molar-refractivity contribution in [3.63, 3.8) is 0 Å². The van der Waals surface area contributed by atoms with E-state index >= 15 is 0 Å². The van der Waals surface area contributed by atoms with Crippen LogP contribution in [0.25, 0.3) is 22.5 Å². The van der Waals surface area contributed by atoms with Crippen LogP contribution in [0, 0.1) is 0 Å². The summed E-state index contributed by atoms with van der Waals surface area (Å²) in [5.41, 5.74) is 11.0. The lowest BCUT2D eigenvalue weighted by Gasteiger charge is -2.14. The molecule has 0 amide bonds. The lowest BCUT2D eigenvalue weighted by atomic mass is 9.97. The maximum Gasteiger partial charge on any atom is 0.221 e. The Hall–Kier alpha value is -2.75. The Bertz CT molecular complexity index is 709. The lowest BCUT2D eigenvalue weighted by molar-refractivity contribution is 0.791. The number of hydrogen-bond acceptors (Lipinski definition) is 4. The number of rotatable bonds is 5. The van der Waals surface area contributed by atoms with Crippen molar-refractivity contribution in [1.29, 1.82) is 0 Å². The van der Waals surface area contributed by atoms with Crippen molar-refractivity contribution in [2.24, 2.45) is 0 Å². The highest BCUT2D eigenvalue weighted by atomic mass is 15.0. The van der Waals surface area contributed by atoms with Gasteiger partial charge in [-0.25, -0.2) is 9.97 Å². The second-order valence-electron chi connectivity index (χ2n) is 5.47. The number of nitrogen functional groups attached to an aromatic ring is 1. The molecule has 0 aliphatic carbocycles. The van der Waals surface area contributed by atoms with Crippen LogP contribution in [0.1, 0.15) is 25.3 Å². The third-order valence-corrected chi connectivity index (χ3v) is 3.79. The van der Waals surface area contributed by atoms with Gasteiger partial charge in [-0.05, 0) is 25.0 Å². The van der Waals surface area contributed by atoms with Gasteiger partial charge in [-0.15, -0.1) is 0 Å². The predicted molar refractivity (Wildman–Crippen MR) is 93.7 cm³/mol. The standard InChI is InChI=1S/C19H20N4/c1-2-3-11-16-17(14-8-5-4-6-9-14)22-19(20)23-18(16)15-10-7-12-21-13-15/h4-10,12-13H,2-3,11H2,1H3,(H2,20,22,23). The molecular weight excluding hydrogens is 284 g/mol. The lowest BCUT2D eigenvalue weighted by Crippen LogP contribution is -2.05. The largest absolute Gasteiger partial charge is 0.368 e. The molecule has 0 bridgehead atoms. The van der Waals surface area contributed by atoms with Crippen molar-refractivity contribution in [2.75, 3.05) is 5.73 Å². The van der Waals surface area contributed by atoms with Crippen LogP contribution in [-0.2, 0) is 6.42 Å². The molecule has 116 valence electrons. The second kappa shape index (κ2) is 7.01. The number of pyridine rings is 1. The van der Waals surface area contributed by atoms with Gasteiger partial charge < -0.3 is 5.73 Å². The molecule has 2 aromatic heterocycles. The van der Waals surface area contributed by atoms with E-state index in [-0.39, 0.29) is 0 Å². The van der Waals surface area contributed by atoms with Gasteiger partial charge in [0.05, 0.1) is 11.4 Å². The highest BCUT2D eigenvalue weighted by Crippen LogP contribution is 2.31. The first-order valence-electron chi connectivity index (χ1n) is 7.91. The normalized spacial score (nSPS) is 10.7. The molecule has 0 unspecified atom stereocenters. The molecule has 2 N–H and O–H groups in total. The van der Waals surface area contributed by atoms with Crippen molar-refractivity contribution in [1.82, 2.24) is 15.0 Å². The molecule has 0 atom stereocenters. The molecule has 0 aliphatic heterocycles. The van der Waals surface area contributed by atoms with Gasteiger partial charge in [0.1, 0.15) is 0 Å². The van der Waals surface area contributed by atoms with Crippen molar-refractivity contribution in [2.45, 2.75) is 26.2 Å². The van der Waals surface area contributed by atoms with Crippen LogP contribution in [0.15, 0.2) is 54.9 Å². The molecule has 4 nitrogen and oxygen atoms in total. The second-order valence-corrected chi connectivity index (χ2v) is 5.47. The van der Waals surface area contributed by atoms with Crippen LogP contribution in [0.4, 0.5) is 5.95 Å². The minimum Gasteiger partial charge on any atom is -0.368 e. The molecule has 0 saturated heterocycles. The zero-order valence-corrected chi connectivity index (χ0v) is 13.2. The van der Waals surface area contributed by atoms with Gasteiger partial charge in [0.15, 0.2) is 0 Å². The van der Waals surface area contributed by atoms with Crippen LogP contribution in [0.5, 0.6) is 0 Å². The van der Waals surface area contributed by atoms with E-state index in [0.29, 0.717) is 5.95 Å². The third kappa shape index (κ3) is 3.37. The Labute approximate surface area is 136 Å². The Balaban J connectivity index is 2.21. The Kier molecular flexibility index (Phi) is 4.62. The van der Waals surface area contributed by atoms with Gasteiger partial charge in [-0.1, -0.05) is 43.7 Å². The Morgan fingerprint density at radius 1 is 0.913 bits per heavy atom. The number of aromatic nitrogens is 3. The maximum atomic E-state index is 5.99. The quantitative estimate of drug-likeness (QED) is 0.769. The molecule has 0 saturated carbocycles. The van der Waals surface area contributed by atoms with Crippen LogP contribution in [0.3, 0.4) is 0 Å². The van der Waals surface area contributed by atoms with Crippen molar-refractivity contribution < 1.29 is 0 Å². The summed E-state index contributed by atoms with van der Waals surface area (Å²) in [6, 6.07) is 14.1. The fourth-order valence-electron chi connectivity index (χ4n) is 2.67. The van der Waals surface area contributed by atoms with Gasteiger partial charge in [-0.3, -0.25) is 4.98 Å². The van der Waals surface area contributed by atoms with Gasteiger partial charge in [0.25, 0.3) is 0 Å². The van der Waals surface area contributed by atoms with Gasteiger partial charge in [0, 0.05) is 29.1 Å². The Morgan fingerprint density at radius 3 is 2.26 bits per heavy atom. The summed E-state index contributed by atoms with van der Waals surface area (Å²) in [5, 5.41) is 0. The number of hydrogen-bond donors (Lipinski definition) is 1. The SMILES string of the molecule is CCCCc1c(-c2ccccc2)nc(N)nc1-c1cccnc1. The molecule has 3 rings (SSSR count). The number of nitrogens with two attached hydrogens (primary N) is 1. The summed E-state index contributed by atoms with van der Waals surface area (Å²) in [7, 11) is 0. The van der Waals surface area contributed by atoms with Crippen LogP contribution in [-0.4, -0.2) is 15.0 Å². The number of benzene rings is 1. The summed E-state index contributed by atoms with van der Waals surface area (Å²) in [6.07, 6.45) is 6.71. The van der Waals surface area contributed by atoms with Crippen LogP contribution in [0.2, 0.25) is 0 Å². The van der Waals surface area contributed by atoms with E-state index < -0.39 is 0 Å². The first-order chi connectivity index (χ1) is 11.3. The van der Waals surface area contributed by atoms with E-state index in [1.807, 2.05) is 36.5 Å². The molecule has 0 fully saturated rings. The third-order valence-electron chi connectivity index (χ3n) is 3.79. The molecule has 0 spiro atoms. The van der Waals surface area contributed by atoms with E-state index in [0.717, 1.165) is 47.3 Å². The topological polar surface area (TPSA) is 64.7 Å². The van der Waals surface area contributed by atoms with Crippen LogP contribution < -0.4 is 5.73 Å². The van der Waals surface area contributed by atoms with Gasteiger partial charge >= 0.3 is 0 Å². The molecule has 0 radical (unpaired) electrons. The average Bonchev–Trinajstić information content (AvgIpc) is 2.61. The molecule has 1 aromatic carbocycles. The van der Waals surface area contributed by atoms with E-state index in [1.54, 1.807) is 6.20 Å². The number of anilines is 1. The van der Waals surface area contributed by atoms with Crippen molar-refractivity contribution in [3.05, 3.63) is 60.4 Å². The Morgan fingerprint density at radius 2 is 1.61 bits per heavy atom. The molecule has 3 aromatic rings. The molecule has 0 aliphatic rings. The highest BCUT2D eigenvalue weighted by molar-refractivity contribution is 5.74. The average molecular weight is 304 g/mol. The van der Waals surface area contributed by atoms with E-state index in [9.17, 15) is 0 Å². The zero-order chi connectivity index (χ0) is 16.1. The summed E-state index contributed by atoms with van der Waals surface area (Å²) in [4.78, 5) is 13.3. The first kappa shape index (κ1) is 15.2. The fraction of sp³-hybridized carbons (Fsp3) is 0.211. The van der Waals surface area contributed by atoms with Crippen molar-refractivity contribution in [3.8, 4) is 22.5 Å². The van der Waals surface area contributed by atoms with Gasteiger partial charge in [0.2, 0.25) is 5.95 Å². The first-order valence-corrected chi connectivity index (χ1v) is 7.91. The smallest absolute Gasteiger partial charge is 0.221 e. The number of nitrogens with zero attached hydrogens (tertiary/aromatic N) is 3. The van der Waals surface area contributed by atoms with E-state index in [2.05, 4.69) is 34.0 Å². The predicted octanol–water partition coefficient (Wildman–Crippen LogP) is 4.13. The summed E-state index contributed by atoms with van der Waals surface area (Å²) < 4.78 is 0. The number of unbranched alkanes of at least 4 members (excludes halogenated alkanes) is 1. The summed E-state index contributed by atoms with van der Waals surface area (Å²) in [5.74, 6) is 0.294. The molecule has 4 heteroatoms. The zero-order valence-electron chi connectivity index (χ0n) is 13.2. The van der Waals surface area contributed by atoms with Crippen LogP contribution >= 0.6 is 0 Å². The minimum absolute atomic E-state index is 0.294. The van der Waals surface area contributed by atoms with E-state index in [4.69, 9.17) is 5.73 Å². The molecule has 2 heterocycles. The minimum atomic E-state index is 0.294. The summed E-state index contributed by atoms with van der Waals surface area (Å²) in [6.45, 7) is 2.18. The fourth-order valence-corrected chi connectivity index (χ4v) is 2.67. The highest BCUT2D eigenvalue weighted by Gasteiger charge is 2.16. The maximum absolute atomic E-state index is 5.99. The monoisotopic (exact) mass is 304 g/mol. The molecular formula is C19H20N4. The summed E-state index contributed by atoms with van der Waals surface area (Å²) >= 11 is 0. The van der Waals surface area contributed by atoms with Gasteiger partial charge in [-0.2, -0.15) is 0 Å².